The maximum Gasteiger partial charge on any atom is 0.262 e. The minimum atomic E-state index is -0.374. The van der Waals surface area contributed by atoms with E-state index in [2.05, 4.69) is 10.3 Å². The van der Waals surface area contributed by atoms with Crippen molar-refractivity contribution in [2.45, 2.75) is 19.8 Å². The molecule has 1 N–H and O–H groups in total. The Labute approximate surface area is 183 Å². The van der Waals surface area contributed by atoms with Crippen LogP contribution in [0.1, 0.15) is 18.5 Å². The molecular formula is C22H19Cl2N3O3. The molecule has 0 atom stereocenters. The van der Waals surface area contributed by atoms with Gasteiger partial charge in [0.15, 0.2) is 12.4 Å². The third kappa shape index (κ3) is 4.06. The van der Waals surface area contributed by atoms with Gasteiger partial charge in [-0.3, -0.25) is 9.59 Å². The Balaban J connectivity index is 1.53. The summed E-state index contributed by atoms with van der Waals surface area (Å²) in [5.41, 5.74) is 2.52. The lowest BCUT2D eigenvalue weighted by molar-refractivity contribution is -0.118. The van der Waals surface area contributed by atoms with Crippen molar-refractivity contribution in [2.24, 2.45) is 0 Å². The molecule has 30 heavy (non-hydrogen) atoms. The number of aryl methyl sites for hydroxylation is 1. The molecule has 1 fully saturated rings. The van der Waals surface area contributed by atoms with Gasteiger partial charge in [0.2, 0.25) is 5.91 Å². The van der Waals surface area contributed by atoms with Crippen molar-refractivity contribution in [1.82, 2.24) is 4.98 Å². The molecular weight excluding hydrogens is 425 g/mol. The molecule has 0 bridgehead atoms. The summed E-state index contributed by atoms with van der Waals surface area (Å²) in [7, 11) is 0. The molecule has 0 spiro atoms. The molecule has 1 aromatic heterocycles. The Bertz CT molecular complexity index is 1150. The molecule has 8 heteroatoms. The Morgan fingerprint density at radius 1 is 1.20 bits per heavy atom. The lowest BCUT2D eigenvalue weighted by Gasteiger charge is -2.20. The zero-order chi connectivity index (χ0) is 21.3. The summed E-state index contributed by atoms with van der Waals surface area (Å²) in [5.74, 6) is -0.0207. The summed E-state index contributed by atoms with van der Waals surface area (Å²) in [6, 6.07) is 12.5. The van der Waals surface area contributed by atoms with Gasteiger partial charge in [0.25, 0.3) is 5.91 Å². The van der Waals surface area contributed by atoms with Gasteiger partial charge in [0.1, 0.15) is 5.52 Å². The van der Waals surface area contributed by atoms with Gasteiger partial charge in [-0.2, -0.15) is 0 Å². The number of hydrogen-bond donors (Lipinski definition) is 1. The lowest BCUT2D eigenvalue weighted by Crippen LogP contribution is -2.27. The smallest absolute Gasteiger partial charge is 0.262 e. The van der Waals surface area contributed by atoms with Crippen LogP contribution in [0.3, 0.4) is 0 Å². The van der Waals surface area contributed by atoms with Crippen LogP contribution in [0.2, 0.25) is 10.0 Å². The minimum Gasteiger partial charge on any atom is -0.480 e. The summed E-state index contributed by atoms with van der Waals surface area (Å²) in [6.07, 6.45) is 1.32. The standard InChI is InChI=1S/C22H19Cl2N3O3/c1-13-8-9-14-15(23)11-16(24)22(21(14)25-13)30-12-19(28)26-17-5-2-3-6-18(17)27-10-4-7-20(27)29/h2-3,5-6,8-9,11H,4,7,10,12H2,1H3,(H,26,28). The fraction of sp³-hybridized carbons (Fsp3) is 0.227. The van der Waals surface area contributed by atoms with Crippen LogP contribution < -0.4 is 15.0 Å². The first-order valence-corrected chi connectivity index (χ1v) is 10.3. The van der Waals surface area contributed by atoms with E-state index in [1.54, 1.807) is 23.1 Å². The SMILES string of the molecule is Cc1ccc2c(Cl)cc(Cl)c(OCC(=O)Nc3ccccc3N3CCCC3=O)c2n1. The number of aromatic nitrogens is 1. The van der Waals surface area contributed by atoms with E-state index in [1.807, 2.05) is 31.2 Å². The molecule has 1 saturated heterocycles. The lowest BCUT2D eigenvalue weighted by atomic mass is 10.2. The average molecular weight is 444 g/mol. The van der Waals surface area contributed by atoms with E-state index in [-0.39, 0.29) is 23.4 Å². The maximum absolute atomic E-state index is 12.6. The van der Waals surface area contributed by atoms with Crippen molar-refractivity contribution in [2.75, 3.05) is 23.4 Å². The van der Waals surface area contributed by atoms with Gasteiger partial charge in [0, 0.05) is 24.0 Å². The van der Waals surface area contributed by atoms with Gasteiger partial charge in [0.05, 0.1) is 21.4 Å². The van der Waals surface area contributed by atoms with E-state index in [1.165, 1.54) is 0 Å². The number of carbonyl (C=O) groups excluding carboxylic acids is 2. The number of anilines is 2. The number of amides is 2. The number of nitrogens with zero attached hydrogens (tertiary/aromatic N) is 2. The third-order valence-corrected chi connectivity index (χ3v) is 5.46. The van der Waals surface area contributed by atoms with Crippen LogP contribution in [0, 0.1) is 6.92 Å². The molecule has 3 aromatic rings. The van der Waals surface area contributed by atoms with Crippen LogP contribution in [-0.4, -0.2) is 29.9 Å². The highest BCUT2D eigenvalue weighted by Gasteiger charge is 2.24. The normalized spacial score (nSPS) is 13.7. The van der Waals surface area contributed by atoms with E-state index in [4.69, 9.17) is 27.9 Å². The summed E-state index contributed by atoms with van der Waals surface area (Å²) < 4.78 is 5.73. The van der Waals surface area contributed by atoms with Crippen LogP contribution in [0.5, 0.6) is 5.75 Å². The van der Waals surface area contributed by atoms with Crippen LogP contribution >= 0.6 is 23.2 Å². The number of benzene rings is 2. The fourth-order valence-electron chi connectivity index (χ4n) is 3.47. The van der Waals surface area contributed by atoms with E-state index < -0.39 is 0 Å². The van der Waals surface area contributed by atoms with Crippen LogP contribution in [-0.2, 0) is 9.59 Å². The minimum absolute atomic E-state index is 0.0498. The number of para-hydroxylation sites is 2. The second kappa shape index (κ2) is 8.50. The number of halogens is 2. The van der Waals surface area contributed by atoms with Gasteiger partial charge >= 0.3 is 0 Å². The molecule has 154 valence electrons. The van der Waals surface area contributed by atoms with Crippen molar-refractivity contribution in [3.63, 3.8) is 0 Å². The molecule has 2 aromatic carbocycles. The van der Waals surface area contributed by atoms with Crippen molar-refractivity contribution in [1.29, 1.82) is 0 Å². The highest BCUT2D eigenvalue weighted by molar-refractivity contribution is 6.39. The number of fused-ring (bicyclic) bond motifs is 1. The van der Waals surface area contributed by atoms with Crippen LogP contribution in [0.25, 0.3) is 10.9 Å². The van der Waals surface area contributed by atoms with Crippen molar-refractivity contribution >= 4 is 57.3 Å². The molecule has 2 amide bonds. The van der Waals surface area contributed by atoms with Crippen LogP contribution in [0.4, 0.5) is 11.4 Å². The molecule has 6 nitrogen and oxygen atoms in total. The summed E-state index contributed by atoms with van der Waals surface area (Å²) in [4.78, 5) is 30.8. The van der Waals surface area contributed by atoms with Gasteiger partial charge < -0.3 is 15.0 Å². The quantitative estimate of drug-likeness (QED) is 0.602. The van der Waals surface area contributed by atoms with Crippen molar-refractivity contribution < 1.29 is 14.3 Å². The van der Waals surface area contributed by atoms with Gasteiger partial charge in [-0.15, -0.1) is 0 Å². The number of ether oxygens (including phenoxy) is 1. The molecule has 0 aliphatic carbocycles. The van der Waals surface area contributed by atoms with Gasteiger partial charge in [-0.05, 0) is 43.7 Å². The molecule has 2 heterocycles. The highest BCUT2D eigenvalue weighted by Crippen LogP contribution is 2.37. The van der Waals surface area contributed by atoms with Crippen molar-refractivity contribution in [3.05, 3.63) is 58.2 Å². The first kappa shape index (κ1) is 20.4. The van der Waals surface area contributed by atoms with Crippen LogP contribution in [0.15, 0.2) is 42.5 Å². The third-order valence-electron chi connectivity index (χ3n) is 4.87. The fourth-order valence-corrected chi connectivity index (χ4v) is 4.04. The number of pyridine rings is 1. The van der Waals surface area contributed by atoms with E-state index in [9.17, 15) is 9.59 Å². The summed E-state index contributed by atoms with van der Waals surface area (Å²) in [5, 5.41) is 4.26. The monoisotopic (exact) mass is 443 g/mol. The largest absolute Gasteiger partial charge is 0.480 e. The molecule has 0 radical (unpaired) electrons. The Hall–Kier alpha value is -2.83. The van der Waals surface area contributed by atoms with Gasteiger partial charge in [-0.1, -0.05) is 35.3 Å². The predicted molar refractivity (Wildman–Crippen MR) is 119 cm³/mol. The molecule has 4 rings (SSSR count). The molecule has 0 unspecified atom stereocenters. The van der Waals surface area contributed by atoms with E-state index >= 15 is 0 Å². The number of rotatable bonds is 5. The van der Waals surface area contributed by atoms with E-state index in [0.717, 1.165) is 12.1 Å². The average Bonchev–Trinajstić information content (AvgIpc) is 3.13. The highest BCUT2D eigenvalue weighted by atomic mass is 35.5. The zero-order valence-corrected chi connectivity index (χ0v) is 17.8. The zero-order valence-electron chi connectivity index (χ0n) is 16.2. The molecule has 0 saturated carbocycles. The summed E-state index contributed by atoms with van der Waals surface area (Å²) in [6.45, 7) is 2.22. The number of nitrogens with one attached hydrogen (secondary N) is 1. The van der Waals surface area contributed by atoms with E-state index in [0.29, 0.717) is 46.0 Å². The maximum atomic E-state index is 12.6. The number of hydrogen-bond acceptors (Lipinski definition) is 4. The van der Waals surface area contributed by atoms with Gasteiger partial charge in [-0.25, -0.2) is 4.98 Å². The molecule has 1 aliphatic heterocycles. The summed E-state index contributed by atoms with van der Waals surface area (Å²) >= 11 is 12.6. The van der Waals surface area contributed by atoms with Crippen molar-refractivity contribution in [3.8, 4) is 5.75 Å². The number of carbonyl (C=O) groups is 2. The topological polar surface area (TPSA) is 71.5 Å². The Morgan fingerprint density at radius 3 is 2.77 bits per heavy atom. The second-order valence-electron chi connectivity index (χ2n) is 7.02. The molecule has 1 aliphatic rings. The second-order valence-corrected chi connectivity index (χ2v) is 7.84. The predicted octanol–water partition coefficient (Wildman–Crippen LogP) is 4.99. The Morgan fingerprint density at radius 2 is 2.00 bits per heavy atom. The first-order chi connectivity index (χ1) is 14.4. The first-order valence-electron chi connectivity index (χ1n) is 9.51. The Kier molecular flexibility index (Phi) is 5.79.